The van der Waals surface area contributed by atoms with Gasteiger partial charge in [-0.3, -0.25) is 34.2 Å². The highest BCUT2D eigenvalue weighted by Crippen LogP contribution is 2.37. The van der Waals surface area contributed by atoms with E-state index in [1.54, 1.807) is 13.2 Å². The molecule has 5 atom stereocenters. The number of nitrogens with one attached hydrogen (secondary N) is 9. The minimum Gasteiger partial charge on any atom is -0.370 e. The third kappa shape index (κ3) is 13.2. The summed E-state index contributed by atoms with van der Waals surface area (Å²) in [7, 11) is 1.62. The first-order valence-corrected chi connectivity index (χ1v) is 23.6. The van der Waals surface area contributed by atoms with E-state index >= 15 is 0 Å². The zero-order chi connectivity index (χ0) is 49.5. The molecule has 2 heterocycles. The Hall–Kier alpha value is -7.35. The Kier molecular flexibility index (Phi) is 17.8. The molecule has 368 valence electrons. The lowest BCUT2D eigenvalue weighted by molar-refractivity contribution is -0.145. The van der Waals surface area contributed by atoms with Crippen molar-refractivity contribution in [1.82, 2.24) is 47.1 Å². The summed E-state index contributed by atoms with van der Waals surface area (Å²) in [5.41, 5.74) is 12.0. The van der Waals surface area contributed by atoms with Crippen LogP contribution in [-0.2, 0) is 46.4 Å². The van der Waals surface area contributed by atoms with Gasteiger partial charge < -0.3 is 58.5 Å². The largest absolute Gasteiger partial charge is 0.370 e. The molecule has 1 saturated carbocycles. The molecule has 1 aliphatic heterocycles. The highest BCUT2D eigenvalue weighted by molar-refractivity contribution is 6.10. The van der Waals surface area contributed by atoms with Crippen LogP contribution in [0.3, 0.4) is 0 Å². The molecule has 0 radical (unpaired) electrons. The molecule has 8 amide bonds. The number of aromatic amines is 1. The highest BCUT2D eigenvalue weighted by Gasteiger charge is 2.55. The number of rotatable bonds is 25. The Balaban J connectivity index is 1.00. The van der Waals surface area contributed by atoms with E-state index in [2.05, 4.69) is 42.2 Å². The topological polar surface area (TPSA) is 316 Å². The fourth-order valence-corrected chi connectivity index (χ4v) is 9.27. The number of H-pyrrole nitrogens is 1. The number of carbonyl (C=O) groups excluding carboxylic acids is 8. The van der Waals surface area contributed by atoms with Crippen molar-refractivity contribution in [2.24, 2.45) is 11.5 Å². The van der Waals surface area contributed by atoms with Gasteiger partial charge >= 0.3 is 6.03 Å². The lowest BCUT2D eigenvalue weighted by Gasteiger charge is -2.41. The van der Waals surface area contributed by atoms with Gasteiger partial charge in [0.15, 0.2) is 5.96 Å². The average molecular weight is 949 g/mol. The number of benzene rings is 3. The number of hydrogen-bond donors (Lipinski definition) is 11. The highest BCUT2D eigenvalue weighted by atomic mass is 16.2. The Morgan fingerprint density at radius 2 is 1.49 bits per heavy atom. The molecule has 0 bridgehead atoms. The number of para-hydroxylation sites is 1. The van der Waals surface area contributed by atoms with Crippen molar-refractivity contribution in [2.75, 3.05) is 20.1 Å². The summed E-state index contributed by atoms with van der Waals surface area (Å²) in [6, 6.07) is 15.3. The molecule has 2 fully saturated rings. The van der Waals surface area contributed by atoms with Crippen LogP contribution in [0.2, 0.25) is 0 Å². The molecule has 1 aliphatic carbocycles. The first-order valence-electron chi connectivity index (χ1n) is 23.6. The predicted molar refractivity (Wildman–Crippen MR) is 259 cm³/mol. The van der Waals surface area contributed by atoms with Crippen molar-refractivity contribution >= 4 is 75.4 Å². The number of amides is 8. The number of hydrogen-bond acceptors (Lipinski definition) is 10. The minimum absolute atomic E-state index is 0.102. The molecule has 4 aromatic rings. The van der Waals surface area contributed by atoms with Crippen LogP contribution in [0.4, 0.5) is 4.79 Å². The molecular formula is C49H64N12O8. The maximum atomic E-state index is 14.1. The Morgan fingerprint density at radius 1 is 0.812 bits per heavy atom. The van der Waals surface area contributed by atoms with Crippen LogP contribution in [0.5, 0.6) is 0 Å². The number of likely N-dealkylation sites (N-methyl/N-ethyl adjacent to an activating group) is 1. The number of aldehydes is 1. The van der Waals surface area contributed by atoms with Crippen LogP contribution in [0.1, 0.15) is 81.8 Å². The van der Waals surface area contributed by atoms with E-state index in [0.717, 1.165) is 44.1 Å². The molecule has 1 aromatic heterocycles. The number of aromatic nitrogens is 1. The standard InChI is InChI=1S/C49H64N12O8/c1-53-38(17-11-23-55-47(51)52)43(65)59-39(26-33-28-56-36-15-6-5-14-35(33)36)44(66)58-37(42(50)64)16-7-10-22-54-41(63)27-40-45(67)61(48(69)60-40)49(20-8-2-9-21-49)46(68)57-34(29-62)25-30-18-19-31-12-3-4-13-32(31)24-30/h3-6,12-15,18-19,24,28-29,34,37-40,53,56H,2,7-11,16-17,20-23,25-27H2,1H3,(H2,50,64)(H,54,63)(H,57,68)(H,58,66)(H,59,65)(H,60,69)(H4,51,52,55)/t34-,37+,38+,39+,40+/m1/s1. The fourth-order valence-electron chi connectivity index (χ4n) is 9.27. The van der Waals surface area contributed by atoms with Crippen molar-refractivity contribution in [2.45, 2.75) is 119 Å². The van der Waals surface area contributed by atoms with E-state index in [4.69, 9.17) is 16.9 Å². The zero-order valence-electron chi connectivity index (χ0n) is 38.9. The van der Waals surface area contributed by atoms with Gasteiger partial charge in [-0.1, -0.05) is 79.9 Å². The van der Waals surface area contributed by atoms with E-state index in [-0.39, 0.29) is 51.0 Å². The van der Waals surface area contributed by atoms with E-state index in [0.29, 0.717) is 51.4 Å². The molecule has 1 saturated heterocycles. The second-order valence-corrected chi connectivity index (χ2v) is 17.8. The quantitative estimate of drug-likeness (QED) is 0.0148. The third-order valence-corrected chi connectivity index (χ3v) is 13.0. The van der Waals surface area contributed by atoms with Gasteiger partial charge in [-0.2, -0.15) is 0 Å². The smallest absolute Gasteiger partial charge is 0.325 e. The molecule has 0 spiro atoms. The van der Waals surface area contributed by atoms with Crippen LogP contribution >= 0.6 is 0 Å². The number of nitrogens with zero attached hydrogens (tertiary/aromatic N) is 1. The number of nitrogens with two attached hydrogens (primary N) is 2. The van der Waals surface area contributed by atoms with Gasteiger partial charge in [0.1, 0.15) is 30.0 Å². The molecule has 3 aromatic carbocycles. The van der Waals surface area contributed by atoms with E-state index in [1.165, 1.54) is 0 Å². The molecule has 2 aliphatic rings. The number of unbranched alkanes of at least 4 members (excludes halogenated alkanes) is 1. The molecule has 20 heteroatoms. The molecule has 6 rings (SSSR count). The molecule has 0 unspecified atom stereocenters. The maximum Gasteiger partial charge on any atom is 0.325 e. The van der Waals surface area contributed by atoms with Gasteiger partial charge in [-0.15, -0.1) is 0 Å². The SMILES string of the molecule is CN[C@@H](CCCNC(=N)N)C(=O)N[C@@H](Cc1c[nH]c2ccccc12)C(=O)N[C@@H](CCCCNC(=O)C[C@@H]1NC(=O)N(C2(C(=O)N[C@@H](C=O)Cc3ccc4ccccc4c3)CCCCC2)C1=O)C(N)=O. The second kappa shape index (κ2) is 24.1. The van der Waals surface area contributed by atoms with Crippen molar-refractivity contribution in [1.29, 1.82) is 5.41 Å². The summed E-state index contributed by atoms with van der Waals surface area (Å²) in [4.78, 5) is 111. The molecule has 20 nitrogen and oxygen atoms in total. The van der Waals surface area contributed by atoms with Crippen molar-refractivity contribution in [3.8, 4) is 0 Å². The Bertz CT molecular complexity index is 2520. The van der Waals surface area contributed by atoms with Gasteiger partial charge in [-0.05, 0) is 86.4 Å². The lowest BCUT2D eigenvalue weighted by atomic mass is 9.79. The van der Waals surface area contributed by atoms with Gasteiger partial charge in [0, 0.05) is 36.6 Å². The number of imide groups is 1. The summed E-state index contributed by atoms with van der Waals surface area (Å²) in [6.07, 6.45) is 6.45. The Labute approximate surface area is 400 Å². The van der Waals surface area contributed by atoms with Gasteiger partial charge in [-0.25, -0.2) is 9.69 Å². The summed E-state index contributed by atoms with van der Waals surface area (Å²) in [5.74, 6) is -3.85. The Morgan fingerprint density at radius 3 is 2.22 bits per heavy atom. The maximum absolute atomic E-state index is 14.1. The summed E-state index contributed by atoms with van der Waals surface area (Å²) in [5, 5.41) is 29.6. The fraction of sp³-hybridized carbons (Fsp3) is 0.449. The van der Waals surface area contributed by atoms with Crippen molar-refractivity contribution in [3.63, 3.8) is 0 Å². The first kappa shape index (κ1) is 51.0. The van der Waals surface area contributed by atoms with Crippen LogP contribution in [0.15, 0.2) is 72.9 Å². The summed E-state index contributed by atoms with van der Waals surface area (Å²) >= 11 is 0. The zero-order valence-corrected chi connectivity index (χ0v) is 38.9. The monoisotopic (exact) mass is 948 g/mol. The average Bonchev–Trinajstić information content (AvgIpc) is 3.88. The van der Waals surface area contributed by atoms with Gasteiger partial charge in [0.2, 0.25) is 29.5 Å². The molecule has 13 N–H and O–H groups in total. The lowest BCUT2D eigenvalue weighted by Crippen LogP contribution is -2.63. The van der Waals surface area contributed by atoms with Crippen LogP contribution < -0.4 is 48.7 Å². The number of carbonyl (C=O) groups is 8. The number of fused-ring (bicyclic) bond motifs is 2. The van der Waals surface area contributed by atoms with E-state index in [9.17, 15) is 38.4 Å². The summed E-state index contributed by atoms with van der Waals surface area (Å²) < 4.78 is 0. The first-order chi connectivity index (χ1) is 33.2. The predicted octanol–water partition coefficient (Wildman–Crippen LogP) is 1.40. The number of guanidine groups is 1. The number of urea groups is 1. The molecule has 69 heavy (non-hydrogen) atoms. The van der Waals surface area contributed by atoms with Crippen LogP contribution in [0, 0.1) is 5.41 Å². The van der Waals surface area contributed by atoms with Crippen molar-refractivity contribution in [3.05, 3.63) is 84.1 Å². The van der Waals surface area contributed by atoms with E-state index < -0.39 is 77.2 Å². The third-order valence-electron chi connectivity index (χ3n) is 13.0. The minimum atomic E-state index is -1.53. The van der Waals surface area contributed by atoms with Crippen LogP contribution in [0.25, 0.3) is 21.7 Å². The second-order valence-electron chi connectivity index (χ2n) is 17.8. The van der Waals surface area contributed by atoms with Gasteiger partial charge in [0.25, 0.3) is 5.91 Å². The molecular weight excluding hydrogens is 885 g/mol. The van der Waals surface area contributed by atoms with Crippen LogP contribution in [-0.4, -0.2) is 119 Å². The normalized spacial score (nSPS) is 17.2. The van der Waals surface area contributed by atoms with E-state index in [1.807, 2.05) is 66.7 Å². The number of primary amides is 1. The van der Waals surface area contributed by atoms with Crippen molar-refractivity contribution < 1.29 is 38.4 Å². The summed E-state index contributed by atoms with van der Waals surface area (Å²) in [6.45, 7) is 0.517. The van der Waals surface area contributed by atoms with Gasteiger partial charge in [0.05, 0.1) is 18.5 Å².